The van der Waals surface area contributed by atoms with Gasteiger partial charge in [0.2, 0.25) is 0 Å². The molecular weight excluding hydrogens is 202 g/mol. The molecule has 4 heteroatoms. The molecule has 15 heavy (non-hydrogen) atoms. The average Bonchev–Trinajstić information content (AvgIpc) is 3.02. The van der Waals surface area contributed by atoms with Gasteiger partial charge in [-0.1, -0.05) is 30.3 Å². The van der Waals surface area contributed by atoms with Crippen LogP contribution in [0.2, 0.25) is 0 Å². The Bertz CT molecular complexity index is 310. The highest BCUT2D eigenvalue weighted by molar-refractivity contribution is 5.13. The van der Waals surface area contributed by atoms with Crippen molar-refractivity contribution in [3.05, 3.63) is 35.9 Å². The van der Waals surface area contributed by atoms with Crippen LogP contribution in [0.15, 0.2) is 30.3 Å². The fraction of sp³-hybridized carbons (Fsp3) is 0.455. The van der Waals surface area contributed by atoms with Crippen LogP contribution in [0.5, 0.6) is 0 Å². The molecule has 0 saturated carbocycles. The minimum Gasteiger partial charge on any atom is -0.370 e. The molecule has 1 aliphatic heterocycles. The molecule has 1 aliphatic rings. The summed E-state index contributed by atoms with van der Waals surface area (Å²) in [4.78, 5) is 0. The SMILES string of the molecule is FC(F)(COCc1ccccc1)[C@@H]1CO1. The summed E-state index contributed by atoms with van der Waals surface area (Å²) in [5.41, 5.74) is 0.894. The third kappa shape index (κ3) is 2.97. The van der Waals surface area contributed by atoms with Crippen LogP contribution < -0.4 is 0 Å². The van der Waals surface area contributed by atoms with Crippen LogP contribution >= 0.6 is 0 Å². The van der Waals surface area contributed by atoms with E-state index in [0.29, 0.717) is 0 Å². The van der Waals surface area contributed by atoms with E-state index >= 15 is 0 Å². The van der Waals surface area contributed by atoms with Crippen LogP contribution in [0.4, 0.5) is 8.78 Å². The number of hydrogen-bond acceptors (Lipinski definition) is 2. The van der Waals surface area contributed by atoms with E-state index in [-0.39, 0.29) is 13.2 Å². The molecule has 1 fully saturated rings. The third-order valence-electron chi connectivity index (χ3n) is 2.21. The zero-order valence-electron chi connectivity index (χ0n) is 8.16. The molecule has 0 unspecified atom stereocenters. The van der Waals surface area contributed by atoms with E-state index in [1.54, 1.807) is 0 Å². The first kappa shape index (κ1) is 10.5. The van der Waals surface area contributed by atoms with Crippen molar-refractivity contribution in [1.29, 1.82) is 0 Å². The normalized spacial score (nSPS) is 20.3. The minimum absolute atomic E-state index is 0.141. The molecule has 0 radical (unpaired) electrons. The standard InChI is InChI=1S/C11H12F2O2/c12-11(13,10-7-15-10)8-14-6-9-4-2-1-3-5-9/h1-5,10H,6-8H2/t10-/m0/s1. The smallest absolute Gasteiger partial charge is 0.298 e. The van der Waals surface area contributed by atoms with Crippen molar-refractivity contribution in [2.45, 2.75) is 18.6 Å². The Balaban J connectivity index is 1.75. The van der Waals surface area contributed by atoms with Crippen LogP contribution in [-0.2, 0) is 16.1 Å². The second kappa shape index (κ2) is 4.24. The van der Waals surface area contributed by atoms with Crippen LogP contribution in [0.3, 0.4) is 0 Å². The number of halogens is 2. The summed E-state index contributed by atoms with van der Waals surface area (Å²) in [7, 11) is 0. The van der Waals surface area contributed by atoms with Crippen LogP contribution in [0.25, 0.3) is 0 Å². The van der Waals surface area contributed by atoms with Gasteiger partial charge in [-0.25, -0.2) is 8.78 Å². The van der Waals surface area contributed by atoms with E-state index in [1.165, 1.54) is 0 Å². The van der Waals surface area contributed by atoms with Crippen molar-refractivity contribution >= 4 is 0 Å². The zero-order chi connectivity index (χ0) is 10.7. The maximum Gasteiger partial charge on any atom is 0.298 e. The summed E-state index contributed by atoms with van der Waals surface area (Å²) in [6.45, 7) is -0.225. The topological polar surface area (TPSA) is 21.8 Å². The highest BCUT2D eigenvalue weighted by atomic mass is 19.3. The molecule has 2 nitrogen and oxygen atoms in total. The van der Waals surface area contributed by atoms with E-state index in [0.717, 1.165) is 5.56 Å². The van der Waals surface area contributed by atoms with Crippen molar-refractivity contribution in [3.63, 3.8) is 0 Å². The zero-order valence-corrected chi connectivity index (χ0v) is 8.16. The summed E-state index contributed by atoms with van der Waals surface area (Å²) in [5, 5.41) is 0. The predicted octanol–water partition coefficient (Wildman–Crippen LogP) is 2.24. The minimum atomic E-state index is -2.85. The molecule has 0 spiro atoms. The molecule has 1 atom stereocenters. The molecule has 1 saturated heterocycles. The molecule has 1 aromatic carbocycles. The number of ether oxygens (including phenoxy) is 2. The summed E-state index contributed by atoms with van der Waals surface area (Å²) >= 11 is 0. The predicted molar refractivity (Wildman–Crippen MR) is 50.8 cm³/mol. The molecular formula is C11H12F2O2. The van der Waals surface area contributed by atoms with Gasteiger partial charge in [0.05, 0.1) is 13.2 Å². The largest absolute Gasteiger partial charge is 0.370 e. The molecule has 1 heterocycles. The van der Waals surface area contributed by atoms with Gasteiger partial charge in [0.1, 0.15) is 12.7 Å². The van der Waals surface area contributed by atoms with E-state index in [9.17, 15) is 8.78 Å². The second-order valence-electron chi connectivity index (χ2n) is 3.56. The Kier molecular flexibility index (Phi) is 2.98. The molecule has 0 aromatic heterocycles. The highest BCUT2D eigenvalue weighted by Gasteiger charge is 2.48. The number of alkyl halides is 2. The van der Waals surface area contributed by atoms with Crippen molar-refractivity contribution in [2.24, 2.45) is 0 Å². The lowest BCUT2D eigenvalue weighted by atomic mass is 10.2. The number of epoxide rings is 1. The maximum atomic E-state index is 13.1. The van der Waals surface area contributed by atoms with Gasteiger partial charge in [-0.05, 0) is 5.56 Å². The molecule has 2 rings (SSSR count). The Labute approximate surface area is 86.8 Å². The summed E-state index contributed by atoms with van der Waals surface area (Å²) in [6, 6.07) is 9.25. The first-order valence-electron chi connectivity index (χ1n) is 4.79. The van der Waals surface area contributed by atoms with Gasteiger partial charge in [-0.3, -0.25) is 0 Å². The lowest BCUT2D eigenvalue weighted by Crippen LogP contribution is -2.30. The fourth-order valence-electron chi connectivity index (χ4n) is 1.26. The highest BCUT2D eigenvalue weighted by Crippen LogP contribution is 2.30. The molecule has 0 aliphatic carbocycles. The molecule has 82 valence electrons. The first-order valence-corrected chi connectivity index (χ1v) is 4.79. The Morgan fingerprint density at radius 1 is 1.33 bits per heavy atom. The Morgan fingerprint density at radius 3 is 2.60 bits per heavy atom. The second-order valence-corrected chi connectivity index (χ2v) is 3.56. The van der Waals surface area contributed by atoms with Crippen molar-refractivity contribution < 1.29 is 18.3 Å². The van der Waals surface area contributed by atoms with Crippen molar-refractivity contribution in [1.82, 2.24) is 0 Å². The lowest BCUT2D eigenvalue weighted by molar-refractivity contribution is -0.0971. The quantitative estimate of drug-likeness (QED) is 0.701. The Hall–Kier alpha value is -1.00. The molecule has 0 bridgehead atoms. The van der Waals surface area contributed by atoms with E-state index in [2.05, 4.69) is 4.74 Å². The van der Waals surface area contributed by atoms with Gasteiger partial charge < -0.3 is 9.47 Å². The van der Waals surface area contributed by atoms with E-state index < -0.39 is 18.6 Å². The van der Waals surface area contributed by atoms with Crippen LogP contribution in [0, 0.1) is 0 Å². The van der Waals surface area contributed by atoms with Gasteiger partial charge in [-0.15, -0.1) is 0 Å². The first-order chi connectivity index (χ1) is 7.18. The van der Waals surface area contributed by atoms with Gasteiger partial charge in [0.25, 0.3) is 5.92 Å². The van der Waals surface area contributed by atoms with Crippen molar-refractivity contribution in [2.75, 3.05) is 13.2 Å². The molecule has 0 N–H and O–H groups in total. The van der Waals surface area contributed by atoms with Crippen molar-refractivity contribution in [3.8, 4) is 0 Å². The summed E-state index contributed by atoms with van der Waals surface area (Å²) in [6.07, 6.45) is -0.937. The molecule has 1 aromatic rings. The Morgan fingerprint density at radius 2 is 2.00 bits per heavy atom. The monoisotopic (exact) mass is 214 g/mol. The number of hydrogen-bond donors (Lipinski definition) is 0. The third-order valence-corrected chi connectivity index (χ3v) is 2.21. The van der Waals surface area contributed by atoms with E-state index in [1.807, 2.05) is 30.3 Å². The van der Waals surface area contributed by atoms with Gasteiger partial charge in [-0.2, -0.15) is 0 Å². The average molecular weight is 214 g/mol. The summed E-state index contributed by atoms with van der Waals surface area (Å²) < 4.78 is 35.6. The summed E-state index contributed by atoms with van der Waals surface area (Å²) in [5.74, 6) is -2.85. The van der Waals surface area contributed by atoms with Crippen LogP contribution in [-0.4, -0.2) is 25.2 Å². The van der Waals surface area contributed by atoms with Crippen LogP contribution in [0.1, 0.15) is 5.56 Å². The number of benzene rings is 1. The number of rotatable bonds is 5. The maximum absolute atomic E-state index is 13.1. The van der Waals surface area contributed by atoms with E-state index in [4.69, 9.17) is 4.74 Å². The fourth-order valence-corrected chi connectivity index (χ4v) is 1.26. The molecule has 0 amide bonds. The van der Waals surface area contributed by atoms with Gasteiger partial charge in [0.15, 0.2) is 0 Å². The lowest BCUT2D eigenvalue weighted by Gasteiger charge is -2.13. The van der Waals surface area contributed by atoms with Gasteiger partial charge >= 0.3 is 0 Å². The van der Waals surface area contributed by atoms with Gasteiger partial charge in [0, 0.05) is 0 Å².